The van der Waals surface area contributed by atoms with Crippen LogP contribution in [0.5, 0.6) is 0 Å². The van der Waals surface area contributed by atoms with Crippen LogP contribution in [0.25, 0.3) is 6.08 Å². The minimum Gasteiger partial charge on any atom is -0.332 e. The molecule has 2 heterocycles. The molecule has 0 aliphatic carbocycles. The molecule has 0 aromatic heterocycles. The summed E-state index contributed by atoms with van der Waals surface area (Å²) in [7, 11) is 2.21. The summed E-state index contributed by atoms with van der Waals surface area (Å²) >= 11 is 9.51. The van der Waals surface area contributed by atoms with E-state index < -0.39 is 0 Å². The number of hydrogen-bond acceptors (Lipinski definition) is 3. The highest BCUT2D eigenvalue weighted by molar-refractivity contribution is 9.10. The number of likely N-dealkylation sites (tertiary alicyclic amines) is 2. The Labute approximate surface area is 211 Å². The van der Waals surface area contributed by atoms with Crippen molar-refractivity contribution in [3.8, 4) is 0 Å². The molecule has 2 saturated heterocycles. The molecule has 0 radical (unpaired) electrons. The van der Waals surface area contributed by atoms with Gasteiger partial charge < -0.3 is 14.7 Å². The van der Waals surface area contributed by atoms with E-state index in [0.717, 1.165) is 41.5 Å². The molecule has 0 unspecified atom stereocenters. The lowest BCUT2D eigenvalue weighted by Gasteiger charge is -2.43. The minimum absolute atomic E-state index is 0.0746. The predicted molar refractivity (Wildman–Crippen MR) is 140 cm³/mol. The molecule has 2 fully saturated rings. The highest BCUT2D eigenvalue weighted by Crippen LogP contribution is 2.25. The summed E-state index contributed by atoms with van der Waals surface area (Å²) < 4.78 is 1.05. The van der Waals surface area contributed by atoms with E-state index in [1.807, 2.05) is 42.5 Å². The topological polar surface area (TPSA) is 26.8 Å². The van der Waals surface area contributed by atoms with Gasteiger partial charge in [0.1, 0.15) is 0 Å². The first-order chi connectivity index (χ1) is 16.0. The summed E-state index contributed by atoms with van der Waals surface area (Å²) in [6.45, 7) is 5.16. The van der Waals surface area contributed by atoms with Crippen molar-refractivity contribution in [1.29, 1.82) is 0 Å². The Morgan fingerprint density at radius 3 is 2.27 bits per heavy atom. The highest BCUT2D eigenvalue weighted by Gasteiger charge is 2.31. The maximum atomic E-state index is 13.4. The van der Waals surface area contributed by atoms with Crippen LogP contribution in [0.15, 0.2) is 59.1 Å². The quantitative estimate of drug-likeness (QED) is 0.448. The van der Waals surface area contributed by atoms with Crippen molar-refractivity contribution < 1.29 is 4.79 Å². The molecule has 33 heavy (non-hydrogen) atoms. The normalized spacial score (nSPS) is 19.2. The average Bonchev–Trinajstić information content (AvgIpc) is 2.84. The second-order valence-electron chi connectivity index (χ2n) is 9.28. The van der Waals surface area contributed by atoms with Gasteiger partial charge in [-0.3, -0.25) is 4.79 Å². The monoisotopic (exact) mass is 529 g/mol. The molecular formula is C27H33BrClN3O. The van der Waals surface area contributed by atoms with Crippen molar-refractivity contribution in [3.05, 3.63) is 75.2 Å². The molecule has 0 N–H and O–H groups in total. The van der Waals surface area contributed by atoms with Gasteiger partial charge in [0.05, 0.1) is 0 Å². The lowest BCUT2D eigenvalue weighted by Crippen LogP contribution is -2.51. The summed E-state index contributed by atoms with van der Waals surface area (Å²) in [6, 6.07) is 16.8. The van der Waals surface area contributed by atoms with Crippen LogP contribution in [0.3, 0.4) is 0 Å². The Morgan fingerprint density at radius 2 is 1.64 bits per heavy atom. The van der Waals surface area contributed by atoms with E-state index in [2.05, 4.69) is 49.8 Å². The average molecular weight is 531 g/mol. The summed E-state index contributed by atoms with van der Waals surface area (Å²) in [5.41, 5.74) is 2.14. The maximum Gasteiger partial charge on any atom is 0.247 e. The van der Waals surface area contributed by atoms with E-state index in [9.17, 15) is 4.79 Å². The first kappa shape index (κ1) is 24.5. The molecule has 4 nitrogen and oxygen atoms in total. The van der Waals surface area contributed by atoms with E-state index in [-0.39, 0.29) is 11.9 Å². The first-order valence-electron chi connectivity index (χ1n) is 11.9. The fourth-order valence-electron chi connectivity index (χ4n) is 4.93. The van der Waals surface area contributed by atoms with Crippen LogP contribution in [0.4, 0.5) is 0 Å². The molecule has 4 rings (SSSR count). The Kier molecular flexibility index (Phi) is 8.64. The van der Waals surface area contributed by atoms with Gasteiger partial charge in [0.15, 0.2) is 0 Å². The Bertz CT molecular complexity index is 931. The summed E-state index contributed by atoms with van der Waals surface area (Å²) in [5.74, 6) is 0.0746. The minimum atomic E-state index is 0.0746. The van der Waals surface area contributed by atoms with Crippen LogP contribution in [0.1, 0.15) is 36.8 Å². The van der Waals surface area contributed by atoms with E-state index in [1.54, 1.807) is 6.08 Å². The Morgan fingerprint density at radius 1 is 1.00 bits per heavy atom. The van der Waals surface area contributed by atoms with Gasteiger partial charge in [0.25, 0.3) is 0 Å². The lowest BCUT2D eigenvalue weighted by molar-refractivity contribution is -0.130. The van der Waals surface area contributed by atoms with E-state index >= 15 is 0 Å². The second-order valence-corrected chi connectivity index (χ2v) is 10.6. The van der Waals surface area contributed by atoms with Crippen LogP contribution < -0.4 is 0 Å². The number of amides is 1. The number of nitrogens with zero attached hydrogens (tertiary/aromatic N) is 3. The molecule has 2 aromatic rings. The molecule has 6 heteroatoms. The zero-order valence-corrected chi connectivity index (χ0v) is 21.6. The SMILES string of the molecule is CN1CCC(N2CCC(N(Cc3ccc(Br)cc3)C(=O)/C=C/c3ccc(Cl)cc3)CC2)CC1. The van der Waals surface area contributed by atoms with Crippen molar-refractivity contribution >= 4 is 39.5 Å². The van der Waals surface area contributed by atoms with Gasteiger partial charge >= 0.3 is 0 Å². The molecule has 2 aliphatic heterocycles. The van der Waals surface area contributed by atoms with Gasteiger partial charge in [-0.05, 0) is 87.3 Å². The summed E-state index contributed by atoms with van der Waals surface area (Å²) in [6.07, 6.45) is 8.18. The number of benzene rings is 2. The van der Waals surface area contributed by atoms with Gasteiger partial charge in [-0.1, -0.05) is 51.8 Å². The third-order valence-corrected chi connectivity index (χ3v) is 7.76. The molecule has 2 aliphatic rings. The van der Waals surface area contributed by atoms with E-state index in [0.29, 0.717) is 17.6 Å². The highest BCUT2D eigenvalue weighted by atomic mass is 79.9. The Hall–Kier alpha value is -1.66. The molecule has 0 atom stereocenters. The number of carbonyl (C=O) groups is 1. The standard InChI is InChI=1S/C27H33BrClN3O/c1-30-16-12-25(13-17-30)31-18-14-26(15-19-31)32(20-22-2-7-23(28)8-3-22)27(33)11-6-21-4-9-24(29)10-5-21/h2-11,25-26H,12-20H2,1H3/b11-6+. The molecule has 1 amide bonds. The second kappa shape index (κ2) is 11.7. The van der Waals surface area contributed by atoms with Crippen molar-refractivity contribution in [1.82, 2.24) is 14.7 Å². The molecule has 0 spiro atoms. The number of hydrogen-bond donors (Lipinski definition) is 0. The Balaban J connectivity index is 1.43. The van der Waals surface area contributed by atoms with Crippen LogP contribution in [0.2, 0.25) is 5.02 Å². The first-order valence-corrected chi connectivity index (χ1v) is 13.1. The lowest BCUT2D eigenvalue weighted by atomic mass is 9.96. The van der Waals surface area contributed by atoms with Gasteiger partial charge in [0, 0.05) is 47.3 Å². The fraction of sp³-hybridized carbons (Fsp3) is 0.444. The van der Waals surface area contributed by atoms with Crippen molar-refractivity contribution in [2.24, 2.45) is 0 Å². The smallest absolute Gasteiger partial charge is 0.247 e. The van der Waals surface area contributed by atoms with Gasteiger partial charge in [0.2, 0.25) is 5.91 Å². The van der Waals surface area contributed by atoms with Gasteiger partial charge in [-0.25, -0.2) is 0 Å². The van der Waals surface area contributed by atoms with Crippen molar-refractivity contribution in [2.45, 2.75) is 44.3 Å². The fourth-order valence-corrected chi connectivity index (χ4v) is 5.32. The third kappa shape index (κ3) is 6.92. The maximum absolute atomic E-state index is 13.4. The zero-order valence-electron chi connectivity index (χ0n) is 19.3. The van der Waals surface area contributed by atoms with Crippen molar-refractivity contribution in [3.63, 3.8) is 0 Å². The van der Waals surface area contributed by atoms with Gasteiger partial charge in [-0.2, -0.15) is 0 Å². The number of rotatable bonds is 6. The van der Waals surface area contributed by atoms with Crippen molar-refractivity contribution in [2.75, 3.05) is 33.2 Å². The van der Waals surface area contributed by atoms with E-state index in [1.165, 1.54) is 25.9 Å². The van der Waals surface area contributed by atoms with Crippen LogP contribution >= 0.6 is 27.5 Å². The molecule has 0 bridgehead atoms. The largest absolute Gasteiger partial charge is 0.332 e. The van der Waals surface area contributed by atoms with Crippen LogP contribution in [0, 0.1) is 0 Å². The van der Waals surface area contributed by atoms with Crippen LogP contribution in [-0.4, -0.2) is 65.9 Å². The number of piperidine rings is 2. The molecule has 0 saturated carbocycles. The predicted octanol–water partition coefficient (Wildman–Crippen LogP) is 5.70. The molecule has 2 aromatic carbocycles. The van der Waals surface area contributed by atoms with Crippen LogP contribution in [-0.2, 0) is 11.3 Å². The van der Waals surface area contributed by atoms with Gasteiger partial charge in [-0.15, -0.1) is 0 Å². The third-order valence-electron chi connectivity index (χ3n) is 6.98. The number of halogens is 2. The zero-order chi connectivity index (χ0) is 23.2. The molecule has 176 valence electrons. The molecular weight excluding hydrogens is 498 g/mol. The summed E-state index contributed by atoms with van der Waals surface area (Å²) in [4.78, 5) is 20.5. The van der Waals surface area contributed by atoms with E-state index in [4.69, 9.17) is 11.6 Å². The summed E-state index contributed by atoms with van der Waals surface area (Å²) in [5, 5.41) is 0.701. The number of carbonyl (C=O) groups excluding carboxylic acids is 1.